The second-order valence-electron chi connectivity index (χ2n) is 6.91. The van der Waals surface area contributed by atoms with Gasteiger partial charge in [-0.25, -0.2) is 4.79 Å². The number of carboxylic acids is 1. The Morgan fingerprint density at radius 2 is 1.70 bits per heavy atom. The highest BCUT2D eigenvalue weighted by Crippen LogP contribution is 2.38. The van der Waals surface area contributed by atoms with Gasteiger partial charge in [-0.1, -0.05) is 44.9 Å². The van der Waals surface area contributed by atoms with Crippen LogP contribution >= 0.6 is 0 Å². The van der Waals surface area contributed by atoms with E-state index in [-0.39, 0.29) is 6.54 Å². The standard InChI is InChI=1S/C16H29NO3/c1-16(20,15(18)19)11-17-14-10-6-5-9-13(14)12-7-3-2-4-8-12/h12-14,17,20H,2-11H2,1H3,(H,18,19). The van der Waals surface area contributed by atoms with E-state index in [2.05, 4.69) is 5.32 Å². The first-order valence-electron chi connectivity index (χ1n) is 8.20. The number of hydrogen-bond acceptors (Lipinski definition) is 3. The van der Waals surface area contributed by atoms with Gasteiger partial charge in [0.2, 0.25) is 0 Å². The summed E-state index contributed by atoms with van der Waals surface area (Å²) in [5.41, 5.74) is -1.66. The van der Waals surface area contributed by atoms with Gasteiger partial charge in [-0.15, -0.1) is 0 Å². The van der Waals surface area contributed by atoms with E-state index in [0.29, 0.717) is 12.0 Å². The zero-order valence-corrected chi connectivity index (χ0v) is 12.6. The Morgan fingerprint density at radius 3 is 2.35 bits per heavy atom. The van der Waals surface area contributed by atoms with Gasteiger partial charge >= 0.3 is 5.97 Å². The highest BCUT2D eigenvalue weighted by molar-refractivity contribution is 5.76. The third-order valence-electron chi connectivity index (χ3n) is 5.24. The molecule has 116 valence electrons. The van der Waals surface area contributed by atoms with E-state index >= 15 is 0 Å². The molecule has 2 aliphatic rings. The molecule has 3 unspecified atom stereocenters. The number of rotatable bonds is 5. The molecular weight excluding hydrogens is 254 g/mol. The minimum absolute atomic E-state index is 0.149. The zero-order chi connectivity index (χ0) is 14.6. The van der Waals surface area contributed by atoms with Crippen molar-refractivity contribution >= 4 is 5.97 Å². The monoisotopic (exact) mass is 283 g/mol. The number of carbonyl (C=O) groups is 1. The second-order valence-corrected chi connectivity index (χ2v) is 6.91. The Hall–Kier alpha value is -0.610. The van der Waals surface area contributed by atoms with Crippen LogP contribution in [0, 0.1) is 11.8 Å². The number of carboxylic acid groups (broad SMARTS) is 1. The molecule has 4 nitrogen and oxygen atoms in total. The molecule has 0 saturated heterocycles. The van der Waals surface area contributed by atoms with Crippen LogP contribution in [0.15, 0.2) is 0 Å². The molecule has 2 fully saturated rings. The van der Waals surface area contributed by atoms with Gasteiger partial charge in [0.25, 0.3) is 0 Å². The van der Waals surface area contributed by atoms with Crippen molar-refractivity contribution in [2.45, 2.75) is 76.4 Å². The maximum atomic E-state index is 11.0. The quantitative estimate of drug-likeness (QED) is 0.725. The number of aliphatic carboxylic acids is 1. The van der Waals surface area contributed by atoms with E-state index in [1.54, 1.807) is 0 Å². The molecule has 4 heteroatoms. The van der Waals surface area contributed by atoms with Crippen LogP contribution in [0.5, 0.6) is 0 Å². The van der Waals surface area contributed by atoms with Crippen molar-refractivity contribution in [3.05, 3.63) is 0 Å². The molecule has 2 saturated carbocycles. The van der Waals surface area contributed by atoms with Gasteiger partial charge in [-0.2, -0.15) is 0 Å². The average molecular weight is 283 g/mol. The summed E-state index contributed by atoms with van der Waals surface area (Å²) in [6.45, 7) is 1.52. The average Bonchev–Trinajstić information content (AvgIpc) is 2.46. The molecule has 0 radical (unpaired) electrons. The van der Waals surface area contributed by atoms with Gasteiger partial charge in [0.05, 0.1) is 0 Å². The maximum Gasteiger partial charge on any atom is 0.336 e. The van der Waals surface area contributed by atoms with Gasteiger partial charge in [-0.05, 0) is 31.6 Å². The molecule has 3 N–H and O–H groups in total. The van der Waals surface area contributed by atoms with Gasteiger partial charge in [0.1, 0.15) is 0 Å². The first-order chi connectivity index (χ1) is 9.50. The fourth-order valence-corrected chi connectivity index (χ4v) is 3.94. The van der Waals surface area contributed by atoms with Crippen LogP contribution in [0.2, 0.25) is 0 Å². The first kappa shape index (κ1) is 15.8. The van der Waals surface area contributed by atoms with E-state index in [4.69, 9.17) is 5.11 Å². The fourth-order valence-electron chi connectivity index (χ4n) is 3.94. The third-order valence-corrected chi connectivity index (χ3v) is 5.24. The van der Waals surface area contributed by atoms with Crippen LogP contribution in [-0.4, -0.2) is 34.4 Å². The Kier molecular flexibility index (Phi) is 5.44. The molecule has 0 aliphatic heterocycles. The van der Waals surface area contributed by atoms with Crippen molar-refractivity contribution in [2.24, 2.45) is 11.8 Å². The number of aliphatic hydroxyl groups is 1. The number of nitrogens with one attached hydrogen (secondary N) is 1. The summed E-state index contributed by atoms with van der Waals surface area (Å²) in [6, 6.07) is 0.387. The zero-order valence-electron chi connectivity index (χ0n) is 12.6. The Balaban J connectivity index is 1.91. The first-order valence-corrected chi connectivity index (χ1v) is 8.20. The Morgan fingerprint density at radius 1 is 1.10 bits per heavy atom. The van der Waals surface area contributed by atoms with Crippen LogP contribution in [-0.2, 0) is 4.79 Å². The van der Waals surface area contributed by atoms with E-state index in [1.165, 1.54) is 58.3 Å². The van der Waals surface area contributed by atoms with E-state index in [0.717, 1.165) is 12.3 Å². The molecular formula is C16H29NO3. The maximum absolute atomic E-state index is 11.0. The summed E-state index contributed by atoms with van der Waals surface area (Å²) in [4.78, 5) is 11.0. The lowest BCUT2D eigenvalue weighted by Crippen LogP contribution is -2.51. The van der Waals surface area contributed by atoms with Crippen molar-refractivity contribution in [1.29, 1.82) is 0 Å². The number of hydrogen-bond donors (Lipinski definition) is 3. The van der Waals surface area contributed by atoms with Crippen molar-refractivity contribution in [1.82, 2.24) is 5.32 Å². The molecule has 0 aromatic carbocycles. The third kappa shape index (κ3) is 3.95. The smallest absolute Gasteiger partial charge is 0.336 e. The summed E-state index contributed by atoms with van der Waals surface area (Å²) < 4.78 is 0. The minimum Gasteiger partial charge on any atom is -0.479 e. The van der Waals surface area contributed by atoms with E-state index in [1.807, 2.05) is 0 Å². The van der Waals surface area contributed by atoms with Crippen molar-refractivity contribution < 1.29 is 15.0 Å². The molecule has 20 heavy (non-hydrogen) atoms. The summed E-state index contributed by atoms with van der Waals surface area (Å²) in [5, 5.41) is 22.2. The fraction of sp³-hybridized carbons (Fsp3) is 0.938. The van der Waals surface area contributed by atoms with Crippen LogP contribution in [0.3, 0.4) is 0 Å². The summed E-state index contributed by atoms with van der Waals surface area (Å²) in [6.07, 6.45) is 11.6. The lowest BCUT2D eigenvalue weighted by atomic mass is 9.71. The molecule has 0 spiro atoms. The molecule has 2 aliphatic carbocycles. The van der Waals surface area contributed by atoms with Crippen LogP contribution in [0.1, 0.15) is 64.7 Å². The molecule has 0 heterocycles. The topological polar surface area (TPSA) is 69.6 Å². The highest BCUT2D eigenvalue weighted by atomic mass is 16.4. The van der Waals surface area contributed by atoms with Crippen LogP contribution in [0.25, 0.3) is 0 Å². The largest absolute Gasteiger partial charge is 0.479 e. The molecule has 0 aromatic rings. The SMILES string of the molecule is CC(O)(CNC1CCCCC1C1CCCCC1)C(=O)O. The van der Waals surface area contributed by atoms with Crippen LogP contribution < -0.4 is 5.32 Å². The lowest BCUT2D eigenvalue weighted by molar-refractivity contribution is -0.156. The van der Waals surface area contributed by atoms with Gasteiger partial charge < -0.3 is 15.5 Å². The van der Waals surface area contributed by atoms with Crippen LogP contribution in [0.4, 0.5) is 0 Å². The Bertz CT molecular complexity index is 324. The van der Waals surface area contributed by atoms with E-state index in [9.17, 15) is 9.90 Å². The summed E-state index contributed by atoms with van der Waals surface area (Å²) in [7, 11) is 0. The molecule has 0 bridgehead atoms. The lowest BCUT2D eigenvalue weighted by Gasteiger charge is -2.40. The minimum atomic E-state index is -1.66. The summed E-state index contributed by atoms with van der Waals surface area (Å²) in [5.74, 6) is 0.333. The molecule has 3 atom stereocenters. The predicted molar refractivity (Wildman–Crippen MR) is 78.6 cm³/mol. The van der Waals surface area contributed by atoms with Crippen molar-refractivity contribution in [2.75, 3.05) is 6.54 Å². The van der Waals surface area contributed by atoms with Gasteiger partial charge in [-0.3, -0.25) is 0 Å². The molecule has 2 rings (SSSR count). The predicted octanol–water partition coefficient (Wildman–Crippen LogP) is 2.55. The summed E-state index contributed by atoms with van der Waals surface area (Å²) >= 11 is 0. The van der Waals surface area contributed by atoms with Gasteiger partial charge in [0, 0.05) is 12.6 Å². The second kappa shape index (κ2) is 6.90. The normalized spacial score (nSPS) is 31.7. The molecule has 0 amide bonds. The van der Waals surface area contributed by atoms with E-state index < -0.39 is 11.6 Å². The van der Waals surface area contributed by atoms with Crippen molar-refractivity contribution in [3.63, 3.8) is 0 Å². The van der Waals surface area contributed by atoms with Gasteiger partial charge in [0.15, 0.2) is 5.60 Å². The highest BCUT2D eigenvalue weighted by Gasteiger charge is 2.35. The Labute approximate surface area is 122 Å². The molecule has 0 aromatic heterocycles. The van der Waals surface area contributed by atoms with Crippen molar-refractivity contribution in [3.8, 4) is 0 Å².